The van der Waals surface area contributed by atoms with Crippen molar-refractivity contribution in [1.82, 2.24) is 4.90 Å². The smallest absolute Gasteiger partial charge is 0.0593 e. The van der Waals surface area contributed by atoms with E-state index in [9.17, 15) is 0 Å². The number of aryl methyl sites for hydroxylation is 1. The highest BCUT2D eigenvalue weighted by Crippen LogP contribution is 2.33. The lowest BCUT2D eigenvalue weighted by Crippen LogP contribution is -2.41. The van der Waals surface area contributed by atoms with Gasteiger partial charge in [-0.3, -0.25) is 4.90 Å². The average Bonchev–Trinajstić information content (AvgIpc) is 2.85. The molecule has 0 spiro atoms. The molecule has 2 atom stereocenters. The van der Waals surface area contributed by atoms with E-state index < -0.39 is 0 Å². The normalized spacial score (nSPS) is 18.6. The molecular weight excluding hydrogens is 264 g/mol. The third kappa shape index (κ3) is 2.66. The molecule has 1 aliphatic rings. The maximum atomic E-state index is 6.29. The molecule has 2 N–H and O–H groups in total. The van der Waals surface area contributed by atoms with Crippen LogP contribution in [0.15, 0.2) is 36.4 Å². The van der Waals surface area contributed by atoms with E-state index in [1.807, 2.05) is 11.3 Å². The van der Waals surface area contributed by atoms with E-state index >= 15 is 0 Å². The van der Waals surface area contributed by atoms with E-state index in [0.717, 1.165) is 19.5 Å². The fourth-order valence-electron chi connectivity index (χ4n) is 3.14. The largest absolute Gasteiger partial charge is 0.326 e. The number of hydrogen-bond acceptors (Lipinski definition) is 3. The second kappa shape index (κ2) is 5.68. The number of nitrogens with two attached hydrogens (primary N) is 1. The molecule has 2 unspecified atom stereocenters. The van der Waals surface area contributed by atoms with Crippen molar-refractivity contribution in [1.29, 1.82) is 0 Å². The Morgan fingerprint density at radius 2 is 1.90 bits per heavy atom. The Morgan fingerprint density at radius 3 is 2.55 bits per heavy atom. The summed E-state index contributed by atoms with van der Waals surface area (Å²) in [6.45, 7) is 6.40. The molecule has 2 heterocycles. The summed E-state index contributed by atoms with van der Waals surface area (Å²) in [6, 6.07) is 13.7. The molecule has 1 aromatic heterocycles. The zero-order chi connectivity index (χ0) is 14.1. The lowest BCUT2D eigenvalue weighted by Gasteiger charge is -2.37. The highest BCUT2D eigenvalue weighted by atomic mass is 32.1. The van der Waals surface area contributed by atoms with Crippen molar-refractivity contribution in [2.45, 2.75) is 38.9 Å². The van der Waals surface area contributed by atoms with Crippen LogP contribution >= 0.6 is 11.3 Å². The number of fused-ring (bicyclic) bond motifs is 1. The Labute approximate surface area is 125 Å². The van der Waals surface area contributed by atoms with Gasteiger partial charge in [0, 0.05) is 28.9 Å². The van der Waals surface area contributed by atoms with Crippen LogP contribution in [-0.2, 0) is 13.0 Å². The van der Waals surface area contributed by atoms with Crippen molar-refractivity contribution in [2.75, 3.05) is 6.54 Å². The first-order chi connectivity index (χ1) is 9.65. The van der Waals surface area contributed by atoms with Gasteiger partial charge >= 0.3 is 0 Å². The summed E-state index contributed by atoms with van der Waals surface area (Å²) >= 11 is 1.88. The van der Waals surface area contributed by atoms with Crippen molar-refractivity contribution in [3.63, 3.8) is 0 Å². The Morgan fingerprint density at radius 1 is 1.15 bits per heavy atom. The Hall–Kier alpha value is -1.16. The predicted molar refractivity (Wildman–Crippen MR) is 86.0 cm³/mol. The molecule has 106 valence electrons. The first-order valence-electron chi connectivity index (χ1n) is 7.28. The van der Waals surface area contributed by atoms with E-state index in [2.05, 4.69) is 55.1 Å². The predicted octanol–water partition coefficient (Wildman–Crippen LogP) is 3.50. The molecule has 0 saturated heterocycles. The number of benzene rings is 1. The van der Waals surface area contributed by atoms with Gasteiger partial charge < -0.3 is 5.73 Å². The van der Waals surface area contributed by atoms with Crippen LogP contribution in [0.5, 0.6) is 0 Å². The van der Waals surface area contributed by atoms with Crippen LogP contribution in [0.1, 0.15) is 33.8 Å². The van der Waals surface area contributed by atoms with Gasteiger partial charge in [-0.05, 0) is 43.5 Å². The number of rotatable bonds is 3. The minimum absolute atomic E-state index is 0.151. The van der Waals surface area contributed by atoms with Gasteiger partial charge in [-0.2, -0.15) is 0 Å². The van der Waals surface area contributed by atoms with E-state index in [1.165, 1.54) is 20.9 Å². The second-order valence-corrected chi connectivity index (χ2v) is 7.06. The maximum Gasteiger partial charge on any atom is 0.0593 e. The van der Waals surface area contributed by atoms with Gasteiger partial charge in [-0.1, -0.05) is 24.3 Å². The molecule has 0 radical (unpaired) electrons. The monoisotopic (exact) mass is 286 g/mol. The quantitative estimate of drug-likeness (QED) is 0.935. The van der Waals surface area contributed by atoms with Crippen LogP contribution in [0.4, 0.5) is 0 Å². The highest BCUT2D eigenvalue weighted by molar-refractivity contribution is 7.12. The van der Waals surface area contributed by atoms with Gasteiger partial charge in [0.15, 0.2) is 0 Å². The fourth-order valence-corrected chi connectivity index (χ4v) is 4.27. The highest BCUT2D eigenvalue weighted by Gasteiger charge is 2.28. The lowest BCUT2D eigenvalue weighted by molar-refractivity contribution is 0.162. The van der Waals surface area contributed by atoms with E-state index in [-0.39, 0.29) is 6.04 Å². The van der Waals surface area contributed by atoms with Crippen molar-refractivity contribution < 1.29 is 0 Å². The lowest BCUT2D eigenvalue weighted by atomic mass is 9.96. The molecule has 2 nitrogen and oxygen atoms in total. The number of hydrogen-bond donors (Lipinski definition) is 1. The molecule has 0 fully saturated rings. The first kappa shape index (κ1) is 13.8. The van der Waals surface area contributed by atoms with Crippen molar-refractivity contribution in [3.05, 3.63) is 57.3 Å². The van der Waals surface area contributed by atoms with Crippen LogP contribution in [-0.4, -0.2) is 17.5 Å². The molecule has 0 aliphatic carbocycles. The third-order valence-electron chi connectivity index (χ3n) is 4.10. The fraction of sp³-hybridized carbons (Fsp3) is 0.412. The Bertz CT molecular complexity index is 588. The van der Waals surface area contributed by atoms with E-state index in [4.69, 9.17) is 5.73 Å². The van der Waals surface area contributed by atoms with Crippen molar-refractivity contribution in [2.24, 2.45) is 5.73 Å². The number of nitrogens with zero attached hydrogens (tertiary/aromatic N) is 1. The zero-order valence-corrected chi connectivity index (χ0v) is 13.0. The van der Waals surface area contributed by atoms with Crippen molar-refractivity contribution >= 4 is 11.3 Å². The molecule has 3 heteroatoms. The second-order valence-electron chi connectivity index (χ2n) is 5.74. The molecule has 0 saturated carbocycles. The molecule has 1 aromatic carbocycles. The van der Waals surface area contributed by atoms with E-state index in [0.29, 0.717) is 6.04 Å². The van der Waals surface area contributed by atoms with Gasteiger partial charge in [0.1, 0.15) is 0 Å². The van der Waals surface area contributed by atoms with Crippen LogP contribution in [0, 0.1) is 6.92 Å². The van der Waals surface area contributed by atoms with Gasteiger partial charge in [-0.25, -0.2) is 0 Å². The van der Waals surface area contributed by atoms with Crippen LogP contribution in [0.25, 0.3) is 0 Å². The molecule has 20 heavy (non-hydrogen) atoms. The summed E-state index contributed by atoms with van der Waals surface area (Å²) in [5.41, 5.74) is 9.24. The molecule has 3 rings (SSSR count). The minimum Gasteiger partial charge on any atom is -0.326 e. The maximum absolute atomic E-state index is 6.29. The van der Waals surface area contributed by atoms with Crippen LogP contribution in [0.2, 0.25) is 0 Å². The number of thiophene rings is 1. The summed E-state index contributed by atoms with van der Waals surface area (Å²) in [7, 11) is 0. The molecule has 1 aliphatic heterocycles. The summed E-state index contributed by atoms with van der Waals surface area (Å²) in [6.07, 6.45) is 1.13. The van der Waals surface area contributed by atoms with Gasteiger partial charge in [0.25, 0.3) is 0 Å². The summed E-state index contributed by atoms with van der Waals surface area (Å²) < 4.78 is 0. The van der Waals surface area contributed by atoms with Gasteiger partial charge in [-0.15, -0.1) is 11.3 Å². The SMILES string of the molecule is Cc1ccc(C(C(C)N)N2CCc3ccccc3C2)s1. The summed E-state index contributed by atoms with van der Waals surface area (Å²) in [5.74, 6) is 0. The molecule has 2 aromatic rings. The van der Waals surface area contributed by atoms with Gasteiger partial charge in [0.05, 0.1) is 6.04 Å². The third-order valence-corrected chi connectivity index (χ3v) is 5.18. The Balaban J connectivity index is 1.87. The standard InChI is InChI=1S/C17H22N2S/c1-12-7-8-16(20-12)17(13(2)18)19-10-9-14-5-3-4-6-15(14)11-19/h3-8,13,17H,9-11,18H2,1-2H3. The van der Waals surface area contributed by atoms with Crippen LogP contribution in [0.3, 0.4) is 0 Å². The Kier molecular flexibility index (Phi) is 3.92. The zero-order valence-electron chi connectivity index (χ0n) is 12.2. The minimum atomic E-state index is 0.151. The van der Waals surface area contributed by atoms with Gasteiger partial charge in [0.2, 0.25) is 0 Å². The van der Waals surface area contributed by atoms with E-state index in [1.54, 1.807) is 0 Å². The summed E-state index contributed by atoms with van der Waals surface area (Å²) in [4.78, 5) is 5.30. The topological polar surface area (TPSA) is 29.3 Å². The van der Waals surface area contributed by atoms with Crippen molar-refractivity contribution in [3.8, 4) is 0 Å². The molecule has 0 amide bonds. The molecular formula is C17H22N2S. The first-order valence-corrected chi connectivity index (χ1v) is 8.09. The average molecular weight is 286 g/mol. The van der Waals surface area contributed by atoms with Crippen LogP contribution < -0.4 is 5.73 Å². The molecule has 0 bridgehead atoms. The summed E-state index contributed by atoms with van der Waals surface area (Å²) in [5, 5.41) is 0.